The van der Waals surface area contributed by atoms with E-state index in [1.165, 1.54) is 12.1 Å². The Morgan fingerprint density at radius 2 is 2.44 bits per heavy atom. The molecule has 2 N–H and O–H groups in total. The second-order valence-electron chi connectivity index (χ2n) is 4.72. The van der Waals surface area contributed by atoms with Crippen LogP contribution in [0.5, 0.6) is 0 Å². The fraction of sp³-hybridized carbons (Fsp3) is 0.750. The van der Waals surface area contributed by atoms with Crippen molar-refractivity contribution in [1.29, 1.82) is 0 Å². The van der Waals surface area contributed by atoms with Crippen LogP contribution in [0.3, 0.4) is 0 Å². The van der Waals surface area contributed by atoms with Crippen LogP contribution in [0.2, 0.25) is 0 Å². The van der Waals surface area contributed by atoms with Gasteiger partial charge in [0.1, 0.15) is 5.82 Å². The predicted octanol–water partition coefficient (Wildman–Crippen LogP) is 0.808. The van der Waals surface area contributed by atoms with Crippen molar-refractivity contribution in [2.45, 2.75) is 32.2 Å². The summed E-state index contributed by atoms with van der Waals surface area (Å²) in [4.78, 5) is 10.2. The van der Waals surface area contributed by atoms with Gasteiger partial charge in [-0.25, -0.2) is 4.98 Å². The van der Waals surface area contributed by atoms with Crippen molar-refractivity contribution in [1.82, 2.24) is 20.2 Å². The van der Waals surface area contributed by atoms with Gasteiger partial charge in [-0.15, -0.1) is 0 Å². The number of nitrogens with zero attached hydrogens (tertiary/aromatic N) is 2. The lowest BCUT2D eigenvalue weighted by atomic mass is 10.1. The Kier molecular flexibility index (Phi) is 3.96. The lowest BCUT2D eigenvalue weighted by Crippen LogP contribution is -2.50. The summed E-state index contributed by atoms with van der Waals surface area (Å²) in [6, 6.07) is 0.541. The van der Waals surface area contributed by atoms with E-state index in [4.69, 9.17) is 0 Å². The zero-order chi connectivity index (χ0) is 11.4. The highest BCUT2D eigenvalue weighted by Crippen LogP contribution is 2.05. The molecular weight excluding hydrogens is 200 g/mol. The summed E-state index contributed by atoms with van der Waals surface area (Å²) in [5.74, 6) is 1.12. The minimum atomic E-state index is 0.541. The number of aromatic nitrogens is 2. The summed E-state index contributed by atoms with van der Waals surface area (Å²) in [5.41, 5.74) is 1.27. The standard InChI is InChI=1S/C12H22N4/c1-3-4-10-8-14-12(15-10)7-11-9-16(2)6-5-13-11/h8,11,13H,3-7,9H2,1-2H3,(H,14,15). The summed E-state index contributed by atoms with van der Waals surface area (Å²) in [6.07, 6.45) is 5.26. The minimum absolute atomic E-state index is 0.541. The summed E-state index contributed by atoms with van der Waals surface area (Å²) < 4.78 is 0. The largest absolute Gasteiger partial charge is 0.346 e. The monoisotopic (exact) mass is 222 g/mol. The first-order valence-electron chi connectivity index (χ1n) is 6.22. The fourth-order valence-electron chi connectivity index (χ4n) is 2.27. The quantitative estimate of drug-likeness (QED) is 0.792. The van der Waals surface area contributed by atoms with Crippen LogP contribution in [0.25, 0.3) is 0 Å². The fourth-order valence-corrected chi connectivity index (χ4v) is 2.27. The van der Waals surface area contributed by atoms with Crippen LogP contribution in [-0.4, -0.2) is 47.6 Å². The molecule has 1 unspecified atom stereocenters. The minimum Gasteiger partial charge on any atom is -0.346 e. The lowest BCUT2D eigenvalue weighted by molar-refractivity contribution is 0.236. The third kappa shape index (κ3) is 3.06. The van der Waals surface area contributed by atoms with E-state index in [1.54, 1.807) is 0 Å². The van der Waals surface area contributed by atoms with Crippen LogP contribution in [0.15, 0.2) is 6.20 Å². The van der Waals surface area contributed by atoms with Gasteiger partial charge >= 0.3 is 0 Å². The summed E-state index contributed by atoms with van der Waals surface area (Å²) in [7, 11) is 2.18. The number of piperazine rings is 1. The molecule has 0 radical (unpaired) electrons. The van der Waals surface area contributed by atoms with E-state index in [0.717, 1.165) is 38.3 Å². The number of likely N-dealkylation sites (N-methyl/N-ethyl adjacent to an activating group) is 1. The first-order chi connectivity index (χ1) is 7.78. The van der Waals surface area contributed by atoms with Crippen LogP contribution in [-0.2, 0) is 12.8 Å². The molecule has 4 heteroatoms. The molecule has 1 saturated heterocycles. The van der Waals surface area contributed by atoms with Gasteiger partial charge in [-0.3, -0.25) is 0 Å². The smallest absolute Gasteiger partial charge is 0.107 e. The Balaban J connectivity index is 1.87. The normalized spacial score (nSPS) is 22.5. The SMILES string of the molecule is CCCc1cnc(CC2CN(C)CCN2)[nH]1. The molecule has 1 aliphatic heterocycles. The van der Waals surface area contributed by atoms with Crippen LogP contribution in [0.4, 0.5) is 0 Å². The molecule has 4 nitrogen and oxygen atoms in total. The number of H-pyrrole nitrogens is 1. The van der Waals surface area contributed by atoms with Crippen LogP contribution in [0.1, 0.15) is 24.9 Å². The van der Waals surface area contributed by atoms with Crippen molar-refractivity contribution in [3.8, 4) is 0 Å². The maximum atomic E-state index is 4.44. The molecule has 2 heterocycles. The van der Waals surface area contributed by atoms with Gasteiger partial charge in [-0.05, 0) is 13.5 Å². The third-order valence-electron chi connectivity index (χ3n) is 3.10. The van der Waals surface area contributed by atoms with Gasteiger partial charge in [0.2, 0.25) is 0 Å². The van der Waals surface area contributed by atoms with Gasteiger partial charge in [0.15, 0.2) is 0 Å². The van der Waals surface area contributed by atoms with E-state index < -0.39 is 0 Å². The molecule has 0 bridgehead atoms. The number of rotatable bonds is 4. The molecule has 0 saturated carbocycles. The van der Waals surface area contributed by atoms with E-state index in [2.05, 4.69) is 34.2 Å². The Bertz CT molecular complexity index is 321. The van der Waals surface area contributed by atoms with E-state index in [1.807, 2.05) is 6.20 Å². The average molecular weight is 222 g/mol. The number of aromatic amines is 1. The number of hydrogen-bond acceptors (Lipinski definition) is 3. The lowest BCUT2D eigenvalue weighted by Gasteiger charge is -2.30. The van der Waals surface area contributed by atoms with E-state index in [9.17, 15) is 0 Å². The van der Waals surface area contributed by atoms with Crippen molar-refractivity contribution in [3.63, 3.8) is 0 Å². The number of hydrogen-bond donors (Lipinski definition) is 2. The molecule has 2 rings (SSSR count). The molecule has 0 aromatic carbocycles. The molecule has 16 heavy (non-hydrogen) atoms. The average Bonchev–Trinajstić information content (AvgIpc) is 2.66. The molecule has 0 spiro atoms. The number of aryl methyl sites for hydroxylation is 1. The first kappa shape index (κ1) is 11.6. The molecule has 1 fully saturated rings. The number of imidazole rings is 1. The van der Waals surface area contributed by atoms with Gasteiger partial charge in [-0.2, -0.15) is 0 Å². The Morgan fingerprint density at radius 3 is 3.19 bits per heavy atom. The summed E-state index contributed by atoms with van der Waals surface area (Å²) in [6.45, 7) is 5.54. The highest BCUT2D eigenvalue weighted by atomic mass is 15.2. The van der Waals surface area contributed by atoms with Gasteiger partial charge in [0.25, 0.3) is 0 Å². The van der Waals surface area contributed by atoms with Gasteiger partial charge < -0.3 is 15.2 Å². The molecule has 0 aliphatic carbocycles. The molecular formula is C12H22N4. The molecule has 90 valence electrons. The Morgan fingerprint density at radius 1 is 1.56 bits per heavy atom. The van der Waals surface area contributed by atoms with Crippen molar-refractivity contribution in [2.75, 3.05) is 26.7 Å². The maximum absolute atomic E-state index is 4.44. The Hall–Kier alpha value is -0.870. The van der Waals surface area contributed by atoms with E-state index >= 15 is 0 Å². The second kappa shape index (κ2) is 5.46. The summed E-state index contributed by atoms with van der Waals surface area (Å²) >= 11 is 0. The highest BCUT2D eigenvalue weighted by molar-refractivity contribution is 5.03. The zero-order valence-electron chi connectivity index (χ0n) is 10.3. The molecule has 0 amide bonds. The maximum Gasteiger partial charge on any atom is 0.107 e. The topological polar surface area (TPSA) is 44.0 Å². The van der Waals surface area contributed by atoms with Gasteiger partial charge in [0, 0.05) is 44.0 Å². The third-order valence-corrected chi connectivity index (χ3v) is 3.10. The molecule has 1 aliphatic rings. The van der Waals surface area contributed by atoms with Crippen LogP contribution in [0, 0.1) is 0 Å². The number of nitrogens with one attached hydrogen (secondary N) is 2. The van der Waals surface area contributed by atoms with Gasteiger partial charge in [-0.1, -0.05) is 13.3 Å². The van der Waals surface area contributed by atoms with Crippen molar-refractivity contribution >= 4 is 0 Å². The van der Waals surface area contributed by atoms with E-state index in [0.29, 0.717) is 6.04 Å². The van der Waals surface area contributed by atoms with E-state index in [-0.39, 0.29) is 0 Å². The van der Waals surface area contributed by atoms with Crippen molar-refractivity contribution in [3.05, 3.63) is 17.7 Å². The zero-order valence-corrected chi connectivity index (χ0v) is 10.3. The molecule has 1 atom stereocenters. The highest BCUT2D eigenvalue weighted by Gasteiger charge is 2.17. The predicted molar refractivity (Wildman–Crippen MR) is 65.6 cm³/mol. The first-order valence-corrected chi connectivity index (χ1v) is 6.22. The van der Waals surface area contributed by atoms with Crippen LogP contribution < -0.4 is 5.32 Å². The van der Waals surface area contributed by atoms with Crippen LogP contribution >= 0.6 is 0 Å². The van der Waals surface area contributed by atoms with Crippen molar-refractivity contribution in [2.24, 2.45) is 0 Å². The van der Waals surface area contributed by atoms with Crippen molar-refractivity contribution < 1.29 is 0 Å². The molecule has 1 aromatic heterocycles. The molecule has 1 aromatic rings. The summed E-state index contributed by atoms with van der Waals surface area (Å²) in [5, 5.41) is 3.54. The second-order valence-corrected chi connectivity index (χ2v) is 4.72. The van der Waals surface area contributed by atoms with Gasteiger partial charge in [0.05, 0.1) is 0 Å². The Labute approximate surface area is 97.4 Å².